The molecule has 0 N–H and O–H groups in total. The van der Waals surface area contributed by atoms with Gasteiger partial charge in [0.2, 0.25) is 5.88 Å². The number of hydroxylamine groups is 2. The number of nitrogens with zero attached hydrogens (tertiary/aromatic N) is 2. The average molecular weight is 234 g/mol. The molecule has 17 heavy (non-hydrogen) atoms. The maximum atomic E-state index is 12.3. The van der Waals surface area contributed by atoms with E-state index in [1.165, 1.54) is 0 Å². The predicted octanol–water partition coefficient (Wildman–Crippen LogP) is 1.99. The van der Waals surface area contributed by atoms with Crippen molar-refractivity contribution in [2.24, 2.45) is 7.05 Å². The molecule has 4 heteroatoms. The summed E-state index contributed by atoms with van der Waals surface area (Å²) in [6, 6.07) is 0. The van der Waals surface area contributed by atoms with Gasteiger partial charge < -0.3 is 9.40 Å². The van der Waals surface area contributed by atoms with E-state index >= 15 is 0 Å². The topological polar surface area (TPSA) is 34.5 Å². The summed E-state index contributed by atoms with van der Waals surface area (Å²) in [6.45, 7) is 7.70. The molecule has 2 rings (SSSR count). The Hall–Kier alpha value is -1.71. The van der Waals surface area contributed by atoms with Crippen molar-refractivity contribution in [1.82, 2.24) is 9.63 Å². The third-order valence-corrected chi connectivity index (χ3v) is 3.75. The Kier molecular flexibility index (Phi) is 2.53. The van der Waals surface area contributed by atoms with E-state index in [0.29, 0.717) is 11.4 Å². The van der Waals surface area contributed by atoms with Gasteiger partial charge in [-0.3, -0.25) is 4.79 Å². The largest absolute Gasteiger partial charge is 0.361 e. The van der Waals surface area contributed by atoms with E-state index in [1.807, 2.05) is 46.4 Å². The van der Waals surface area contributed by atoms with E-state index in [9.17, 15) is 4.79 Å². The second kappa shape index (κ2) is 3.65. The molecule has 4 nitrogen and oxygen atoms in total. The molecule has 2 heterocycles. The van der Waals surface area contributed by atoms with Gasteiger partial charge >= 0.3 is 0 Å². The minimum absolute atomic E-state index is 0.0700. The molecule has 0 bridgehead atoms. The summed E-state index contributed by atoms with van der Waals surface area (Å²) < 4.78 is 1.93. The Morgan fingerprint density at radius 3 is 2.24 bits per heavy atom. The van der Waals surface area contributed by atoms with Gasteiger partial charge in [0.1, 0.15) is 0 Å². The molecule has 92 valence electrons. The summed E-state index contributed by atoms with van der Waals surface area (Å²) >= 11 is 0. The predicted molar refractivity (Wildman–Crippen MR) is 67.8 cm³/mol. The molecule has 0 atom stereocenters. The van der Waals surface area contributed by atoms with Gasteiger partial charge in [0.25, 0.3) is 0 Å². The Balaban J connectivity index is 2.90. The average Bonchev–Trinajstić information content (AvgIpc) is 2.30. The maximum absolute atomic E-state index is 12.3. The molecular weight excluding hydrogens is 216 g/mol. The molecule has 0 unspecified atom stereocenters. The zero-order valence-corrected chi connectivity index (χ0v) is 11.2. The van der Waals surface area contributed by atoms with Crippen molar-refractivity contribution >= 4 is 5.57 Å². The van der Waals surface area contributed by atoms with Crippen LogP contribution >= 0.6 is 0 Å². The summed E-state index contributed by atoms with van der Waals surface area (Å²) in [6.07, 6.45) is 0. The van der Waals surface area contributed by atoms with Crippen LogP contribution in [0, 0.1) is 13.8 Å². The van der Waals surface area contributed by atoms with Crippen molar-refractivity contribution in [3.8, 4) is 5.88 Å². The Labute approximate surface area is 101 Å². The van der Waals surface area contributed by atoms with Crippen LogP contribution in [0.1, 0.15) is 30.7 Å². The highest BCUT2D eigenvalue weighted by molar-refractivity contribution is 5.71. The fourth-order valence-corrected chi connectivity index (χ4v) is 2.07. The van der Waals surface area contributed by atoms with E-state index < -0.39 is 0 Å². The first-order valence-electron chi connectivity index (χ1n) is 5.66. The number of pyridine rings is 1. The van der Waals surface area contributed by atoms with Gasteiger partial charge in [-0.05, 0) is 33.3 Å². The number of allylic oxidation sites excluding steroid dienone is 2. The first-order chi connectivity index (χ1) is 7.86. The first kappa shape index (κ1) is 11.8. The van der Waals surface area contributed by atoms with Crippen LogP contribution in [-0.4, -0.2) is 16.7 Å². The lowest BCUT2D eigenvalue weighted by molar-refractivity contribution is -0.00737. The van der Waals surface area contributed by atoms with E-state index in [2.05, 4.69) is 0 Å². The van der Waals surface area contributed by atoms with Crippen molar-refractivity contribution in [3.63, 3.8) is 0 Å². The second-order valence-electron chi connectivity index (χ2n) is 4.58. The van der Waals surface area contributed by atoms with Crippen LogP contribution in [0.4, 0.5) is 0 Å². The maximum Gasteiger partial charge on any atom is 0.238 e. The van der Waals surface area contributed by atoms with Crippen LogP contribution in [0.25, 0.3) is 5.57 Å². The minimum Gasteiger partial charge on any atom is -0.361 e. The molecular formula is C13H18N2O2. The van der Waals surface area contributed by atoms with Crippen molar-refractivity contribution in [1.29, 1.82) is 0 Å². The molecule has 0 amide bonds. The van der Waals surface area contributed by atoms with Gasteiger partial charge in [-0.15, -0.1) is 0 Å². The van der Waals surface area contributed by atoms with E-state index in [4.69, 9.17) is 4.84 Å². The summed E-state index contributed by atoms with van der Waals surface area (Å²) in [5.41, 5.74) is 4.43. The third kappa shape index (κ3) is 1.47. The van der Waals surface area contributed by atoms with Crippen LogP contribution in [0.2, 0.25) is 0 Å². The van der Waals surface area contributed by atoms with Crippen molar-refractivity contribution in [2.45, 2.75) is 27.7 Å². The third-order valence-electron chi connectivity index (χ3n) is 3.75. The molecule has 1 aliphatic rings. The highest BCUT2D eigenvalue weighted by atomic mass is 16.7. The van der Waals surface area contributed by atoms with Crippen LogP contribution in [0.5, 0.6) is 5.88 Å². The molecule has 1 aliphatic heterocycles. The van der Waals surface area contributed by atoms with Gasteiger partial charge in [0.15, 0.2) is 5.43 Å². The van der Waals surface area contributed by atoms with Gasteiger partial charge in [-0.1, -0.05) is 0 Å². The zero-order valence-electron chi connectivity index (χ0n) is 11.2. The molecule has 1 aromatic rings. The molecule has 0 saturated carbocycles. The van der Waals surface area contributed by atoms with Gasteiger partial charge in [-0.2, -0.15) is 0 Å². The molecule has 0 aliphatic carbocycles. The van der Waals surface area contributed by atoms with E-state index in [0.717, 1.165) is 22.5 Å². The lowest BCUT2D eigenvalue weighted by Crippen LogP contribution is -2.32. The second-order valence-corrected chi connectivity index (χ2v) is 4.58. The monoisotopic (exact) mass is 234 g/mol. The van der Waals surface area contributed by atoms with Crippen LogP contribution < -0.4 is 10.3 Å². The first-order valence-corrected chi connectivity index (χ1v) is 5.66. The standard InChI is InChI=1S/C13H18N2O2/c1-7-10(4)15(6)17-13-11(7)12(16)8(2)9(3)14(13)5/h1-6H3. The molecule has 0 aromatic carbocycles. The lowest BCUT2D eigenvalue weighted by Gasteiger charge is -2.30. The zero-order chi connectivity index (χ0) is 12.9. The number of hydrogen-bond donors (Lipinski definition) is 0. The molecule has 0 saturated heterocycles. The van der Waals surface area contributed by atoms with Crippen molar-refractivity contribution in [3.05, 3.63) is 32.7 Å². The van der Waals surface area contributed by atoms with Crippen molar-refractivity contribution in [2.75, 3.05) is 7.05 Å². The summed E-state index contributed by atoms with van der Waals surface area (Å²) in [7, 11) is 3.77. The number of hydrogen-bond acceptors (Lipinski definition) is 3. The molecule has 0 spiro atoms. The fraction of sp³-hybridized carbons (Fsp3) is 0.462. The number of aromatic nitrogens is 1. The van der Waals surface area contributed by atoms with E-state index in [1.54, 1.807) is 5.06 Å². The van der Waals surface area contributed by atoms with Crippen LogP contribution in [0.3, 0.4) is 0 Å². The van der Waals surface area contributed by atoms with Gasteiger partial charge in [0, 0.05) is 25.4 Å². The summed E-state index contributed by atoms with van der Waals surface area (Å²) in [5.74, 6) is 0.628. The Morgan fingerprint density at radius 1 is 1.06 bits per heavy atom. The number of fused-ring (bicyclic) bond motifs is 1. The lowest BCUT2D eigenvalue weighted by atomic mass is 10.0. The quantitative estimate of drug-likeness (QED) is 0.688. The SMILES string of the molecule is CC1=C(C)N(C)Oc2c1c(=O)c(C)c(C)n2C. The van der Waals surface area contributed by atoms with Gasteiger partial charge in [0.05, 0.1) is 11.3 Å². The normalized spacial score (nSPS) is 14.8. The summed E-state index contributed by atoms with van der Waals surface area (Å²) in [4.78, 5) is 18.0. The van der Waals surface area contributed by atoms with Crippen LogP contribution in [0.15, 0.2) is 10.5 Å². The molecule has 1 aromatic heterocycles. The highest BCUT2D eigenvalue weighted by Gasteiger charge is 2.25. The fourth-order valence-electron chi connectivity index (χ4n) is 2.07. The molecule has 0 fully saturated rings. The van der Waals surface area contributed by atoms with Gasteiger partial charge in [-0.25, -0.2) is 5.06 Å². The summed E-state index contributed by atoms with van der Waals surface area (Å²) in [5, 5.41) is 1.70. The smallest absolute Gasteiger partial charge is 0.238 e. The highest BCUT2D eigenvalue weighted by Crippen LogP contribution is 2.32. The Morgan fingerprint density at radius 2 is 1.65 bits per heavy atom. The minimum atomic E-state index is 0.0700. The Bertz CT molecular complexity index is 582. The van der Waals surface area contributed by atoms with E-state index in [-0.39, 0.29) is 5.43 Å². The van der Waals surface area contributed by atoms with Crippen LogP contribution in [-0.2, 0) is 7.05 Å². The number of rotatable bonds is 0. The van der Waals surface area contributed by atoms with Crippen molar-refractivity contribution < 1.29 is 4.84 Å². The molecule has 0 radical (unpaired) electrons.